The first-order valence-electron chi connectivity index (χ1n) is 12.0. The van der Waals surface area contributed by atoms with Gasteiger partial charge in [-0.1, -0.05) is 36.4 Å². The fraction of sp³-hybridized carbons (Fsp3) is 0.276. The molecule has 2 heterocycles. The minimum absolute atomic E-state index is 1.03. The van der Waals surface area contributed by atoms with Crippen LogP contribution in [-0.4, -0.2) is 43.1 Å². The molecule has 1 fully saturated rings. The Morgan fingerprint density at radius 1 is 0.788 bits per heavy atom. The van der Waals surface area contributed by atoms with Gasteiger partial charge in [-0.25, -0.2) is 0 Å². The van der Waals surface area contributed by atoms with E-state index in [9.17, 15) is 0 Å². The summed E-state index contributed by atoms with van der Waals surface area (Å²) in [5.41, 5.74) is 7.31. The van der Waals surface area contributed by atoms with E-state index in [-0.39, 0.29) is 0 Å². The highest BCUT2D eigenvalue weighted by Crippen LogP contribution is 2.28. The first-order valence-corrected chi connectivity index (χ1v) is 12.0. The number of nitrogens with zero attached hydrogens (tertiary/aromatic N) is 3. The SMILES string of the molecule is CN1CCN(c2ccc(Nc3ccnc4ccc(CCCc5ccccc5)cc34)cc2)CC1. The maximum atomic E-state index is 4.58. The molecule has 33 heavy (non-hydrogen) atoms. The number of hydrogen-bond donors (Lipinski definition) is 1. The summed E-state index contributed by atoms with van der Waals surface area (Å²) in [5, 5.41) is 4.81. The van der Waals surface area contributed by atoms with Crippen LogP contribution in [0.2, 0.25) is 0 Å². The first-order chi connectivity index (χ1) is 16.2. The second-order valence-electron chi connectivity index (χ2n) is 9.01. The molecule has 168 valence electrons. The van der Waals surface area contributed by atoms with Crippen molar-refractivity contribution < 1.29 is 0 Å². The summed E-state index contributed by atoms with van der Waals surface area (Å²) in [4.78, 5) is 9.43. The van der Waals surface area contributed by atoms with Crippen molar-refractivity contribution in [1.82, 2.24) is 9.88 Å². The average molecular weight is 437 g/mol. The molecular weight excluding hydrogens is 404 g/mol. The van der Waals surface area contributed by atoms with Gasteiger partial charge in [0.25, 0.3) is 0 Å². The van der Waals surface area contributed by atoms with Crippen LogP contribution in [0.3, 0.4) is 0 Å². The van der Waals surface area contributed by atoms with Gasteiger partial charge in [-0.3, -0.25) is 4.98 Å². The number of nitrogens with one attached hydrogen (secondary N) is 1. The van der Waals surface area contributed by atoms with Gasteiger partial charge in [-0.2, -0.15) is 0 Å². The van der Waals surface area contributed by atoms with Gasteiger partial charge >= 0.3 is 0 Å². The fourth-order valence-electron chi connectivity index (χ4n) is 4.57. The zero-order valence-corrected chi connectivity index (χ0v) is 19.4. The highest BCUT2D eigenvalue weighted by molar-refractivity contribution is 5.93. The van der Waals surface area contributed by atoms with E-state index < -0.39 is 0 Å². The van der Waals surface area contributed by atoms with E-state index >= 15 is 0 Å². The van der Waals surface area contributed by atoms with Crippen molar-refractivity contribution in [2.24, 2.45) is 0 Å². The monoisotopic (exact) mass is 436 g/mol. The number of aryl methyl sites for hydroxylation is 2. The summed E-state index contributed by atoms with van der Waals surface area (Å²) in [7, 11) is 2.19. The lowest BCUT2D eigenvalue weighted by Crippen LogP contribution is -2.44. The van der Waals surface area contributed by atoms with Gasteiger partial charge in [0, 0.05) is 54.8 Å². The summed E-state index contributed by atoms with van der Waals surface area (Å²) < 4.78 is 0. The van der Waals surface area contributed by atoms with Crippen LogP contribution in [0, 0.1) is 0 Å². The van der Waals surface area contributed by atoms with Crippen LogP contribution < -0.4 is 10.2 Å². The third-order valence-corrected chi connectivity index (χ3v) is 6.59. The average Bonchev–Trinajstić information content (AvgIpc) is 2.86. The Balaban J connectivity index is 1.28. The maximum absolute atomic E-state index is 4.58. The van der Waals surface area contributed by atoms with Crippen molar-refractivity contribution in [3.05, 3.63) is 96.2 Å². The number of anilines is 3. The van der Waals surface area contributed by atoms with E-state index in [1.165, 1.54) is 22.2 Å². The molecule has 0 unspecified atom stereocenters. The predicted octanol–water partition coefficient (Wildman–Crippen LogP) is 5.91. The van der Waals surface area contributed by atoms with Crippen molar-refractivity contribution in [1.29, 1.82) is 0 Å². The molecule has 1 N–H and O–H groups in total. The lowest BCUT2D eigenvalue weighted by atomic mass is 10.0. The Morgan fingerprint density at radius 2 is 1.55 bits per heavy atom. The lowest BCUT2D eigenvalue weighted by Gasteiger charge is -2.34. The van der Waals surface area contributed by atoms with Gasteiger partial charge in [-0.15, -0.1) is 0 Å². The van der Waals surface area contributed by atoms with Crippen LogP contribution in [0.4, 0.5) is 17.1 Å². The third-order valence-electron chi connectivity index (χ3n) is 6.59. The predicted molar refractivity (Wildman–Crippen MR) is 140 cm³/mol. The zero-order chi connectivity index (χ0) is 22.5. The van der Waals surface area contributed by atoms with Gasteiger partial charge in [0.15, 0.2) is 0 Å². The number of hydrogen-bond acceptors (Lipinski definition) is 4. The van der Waals surface area contributed by atoms with Crippen molar-refractivity contribution in [3.63, 3.8) is 0 Å². The van der Waals surface area contributed by atoms with Crippen LogP contribution in [0.15, 0.2) is 85.1 Å². The minimum atomic E-state index is 1.03. The van der Waals surface area contributed by atoms with E-state index in [4.69, 9.17) is 0 Å². The fourth-order valence-corrected chi connectivity index (χ4v) is 4.57. The van der Waals surface area contributed by atoms with Crippen molar-refractivity contribution in [2.75, 3.05) is 43.4 Å². The highest BCUT2D eigenvalue weighted by Gasteiger charge is 2.14. The molecule has 4 heteroatoms. The Hall–Kier alpha value is -3.37. The van der Waals surface area contributed by atoms with E-state index in [1.807, 2.05) is 6.20 Å². The van der Waals surface area contributed by atoms with E-state index in [0.29, 0.717) is 0 Å². The van der Waals surface area contributed by atoms with Gasteiger partial charge in [0.05, 0.1) is 5.52 Å². The van der Waals surface area contributed by atoms with Gasteiger partial charge < -0.3 is 15.1 Å². The maximum Gasteiger partial charge on any atom is 0.0723 e. The molecule has 0 aliphatic carbocycles. The summed E-state index contributed by atoms with van der Waals surface area (Å²) in [5.74, 6) is 0. The zero-order valence-electron chi connectivity index (χ0n) is 19.4. The van der Waals surface area contributed by atoms with Crippen molar-refractivity contribution >= 4 is 28.0 Å². The topological polar surface area (TPSA) is 31.4 Å². The Labute approximate surface area is 196 Å². The molecule has 4 aromatic rings. The van der Waals surface area contributed by atoms with Crippen LogP contribution in [0.5, 0.6) is 0 Å². The molecule has 0 spiro atoms. The standard InChI is InChI=1S/C29H32N4/c1-32-18-20-33(21-19-32)26-13-11-25(12-14-26)31-29-16-17-30-28-15-10-24(22-27(28)29)9-5-8-23-6-3-2-4-7-23/h2-4,6-7,10-17,22H,5,8-9,18-21H2,1H3,(H,30,31). The molecule has 0 amide bonds. The summed E-state index contributed by atoms with van der Waals surface area (Å²) in [6, 6.07) is 28.3. The molecule has 0 radical (unpaired) electrons. The summed E-state index contributed by atoms with van der Waals surface area (Å²) >= 11 is 0. The third kappa shape index (κ3) is 5.35. The number of benzene rings is 3. The van der Waals surface area contributed by atoms with Crippen molar-refractivity contribution in [2.45, 2.75) is 19.3 Å². The first kappa shape index (κ1) is 21.5. The minimum Gasteiger partial charge on any atom is -0.369 e. The van der Waals surface area contributed by atoms with E-state index in [1.54, 1.807) is 0 Å². The molecule has 5 rings (SSSR count). The molecule has 4 nitrogen and oxygen atoms in total. The summed E-state index contributed by atoms with van der Waals surface area (Å²) in [6.45, 7) is 4.42. The van der Waals surface area contributed by atoms with Crippen LogP contribution in [0.1, 0.15) is 17.5 Å². The number of aromatic nitrogens is 1. The van der Waals surface area contributed by atoms with Crippen LogP contribution >= 0.6 is 0 Å². The largest absolute Gasteiger partial charge is 0.369 e. The molecule has 0 atom stereocenters. The smallest absolute Gasteiger partial charge is 0.0723 e. The molecule has 1 aliphatic rings. The molecular formula is C29H32N4. The molecule has 0 bridgehead atoms. The Bertz CT molecular complexity index is 1180. The van der Waals surface area contributed by atoms with Crippen LogP contribution in [-0.2, 0) is 12.8 Å². The van der Waals surface area contributed by atoms with Crippen molar-refractivity contribution in [3.8, 4) is 0 Å². The van der Waals surface area contributed by atoms with Gasteiger partial charge in [0.2, 0.25) is 0 Å². The lowest BCUT2D eigenvalue weighted by molar-refractivity contribution is 0.313. The van der Waals surface area contributed by atoms with Crippen LogP contribution in [0.25, 0.3) is 10.9 Å². The van der Waals surface area contributed by atoms with Gasteiger partial charge in [-0.05, 0) is 79.9 Å². The quantitative estimate of drug-likeness (QED) is 0.390. The molecule has 1 aromatic heterocycles. The number of likely N-dealkylation sites (N-methyl/N-ethyl adjacent to an activating group) is 1. The normalized spacial score (nSPS) is 14.5. The highest BCUT2D eigenvalue weighted by atomic mass is 15.2. The number of pyridine rings is 1. The molecule has 3 aromatic carbocycles. The second kappa shape index (κ2) is 10.1. The number of rotatable bonds is 7. The number of piperazine rings is 1. The summed E-state index contributed by atoms with van der Waals surface area (Å²) in [6.07, 6.45) is 5.21. The Morgan fingerprint density at radius 3 is 2.33 bits per heavy atom. The van der Waals surface area contributed by atoms with E-state index in [0.717, 1.165) is 62.3 Å². The second-order valence-corrected chi connectivity index (χ2v) is 9.01. The molecule has 0 saturated carbocycles. The Kier molecular flexibility index (Phi) is 6.54. The van der Waals surface area contributed by atoms with E-state index in [2.05, 4.69) is 106 Å². The molecule has 1 aliphatic heterocycles. The molecule has 1 saturated heterocycles. The van der Waals surface area contributed by atoms with Gasteiger partial charge in [0.1, 0.15) is 0 Å². The number of fused-ring (bicyclic) bond motifs is 1.